The van der Waals surface area contributed by atoms with Crippen LogP contribution >= 0.6 is 11.3 Å². The van der Waals surface area contributed by atoms with Crippen LogP contribution in [0, 0.1) is 17.0 Å². The summed E-state index contributed by atoms with van der Waals surface area (Å²) in [5.41, 5.74) is 1.26. The molecule has 0 bridgehead atoms. The van der Waals surface area contributed by atoms with E-state index in [0.29, 0.717) is 0 Å². The van der Waals surface area contributed by atoms with Gasteiger partial charge in [0, 0.05) is 49.8 Å². The van der Waals surface area contributed by atoms with Crippen LogP contribution in [0.25, 0.3) is 0 Å². The molecule has 1 heterocycles. The van der Waals surface area contributed by atoms with Crippen LogP contribution < -0.4 is 10.6 Å². The zero-order chi connectivity index (χ0) is 18.8. The fourth-order valence-electron chi connectivity index (χ4n) is 2.47. The van der Waals surface area contributed by atoms with Gasteiger partial charge in [-0.2, -0.15) is 0 Å². The Hall–Kier alpha value is -2.48. The van der Waals surface area contributed by atoms with E-state index < -0.39 is 0 Å². The Balaban J connectivity index is 1.59. The van der Waals surface area contributed by atoms with Gasteiger partial charge in [-0.15, -0.1) is 11.3 Å². The second-order valence-corrected chi connectivity index (χ2v) is 7.24. The summed E-state index contributed by atoms with van der Waals surface area (Å²) < 4.78 is 0. The molecule has 1 aromatic heterocycles. The lowest BCUT2D eigenvalue weighted by molar-refractivity contribution is -0.384. The minimum Gasteiger partial charge on any atom is -0.356 e. The number of nitrogens with one attached hydrogen (secondary N) is 2. The molecular weight excluding hydrogens is 350 g/mol. The third-order valence-corrected chi connectivity index (χ3v) is 4.83. The summed E-state index contributed by atoms with van der Waals surface area (Å²) in [7, 11) is 1.76. The summed E-state index contributed by atoms with van der Waals surface area (Å²) in [6, 6.07) is 6.77. The topological polar surface area (TPSA) is 92.5 Å². The van der Waals surface area contributed by atoms with E-state index in [0.717, 1.165) is 55.3 Å². The highest BCUT2D eigenvalue weighted by Crippen LogP contribution is 2.13. The van der Waals surface area contributed by atoms with Crippen LogP contribution in [0.3, 0.4) is 0 Å². The maximum atomic E-state index is 10.6. The van der Waals surface area contributed by atoms with Gasteiger partial charge in [-0.1, -0.05) is 12.1 Å². The van der Waals surface area contributed by atoms with Gasteiger partial charge in [0.15, 0.2) is 5.96 Å². The van der Waals surface area contributed by atoms with E-state index >= 15 is 0 Å². The largest absolute Gasteiger partial charge is 0.356 e. The average molecular weight is 375 g/mol. The van der Waals surface area contributed by atoms with Crippen molar-refractivity contribution in [1.29, 1.82) is 0 Å². The second kappa shape index (κ2) is 10.5. The molecule has 0 aliphatic carbocycles. The van der Waals surface area contributed by atoms with Crippen molar-refractivity contribution in [2.45, 2.75) is 32.6 Å². The molecule has 0 spiro atoms. The van der Waals surface area contributed by atoms with Crippen molar-refractivity contribution in [2.75, 3.05) is 20.1 Å². The highest BCUT2D eigenvalue weighted by atomic mass is 32.1. The number of rotatable bonds is 9. The van der Waals surface area contributed by atoms with Crippen molar-refractivity contribution in [1.82, 2.24) is 15.6 Å². The Morgan fingerprint density at radius 2 is 1.92 bits per heavy atom. The molecule has 0 unspecified atom stereocenters. The van der Waals surface area contributed by atoms with Gasteiger partial charge in [-0.3, -0.25) is 15.1 Å². The summed E-state index contributed by atoms with van der Waals surface area (Å²) in [6.07, 6.45) is 5.72. The lowest BCUT2D eigenvalue weighted by atomic mass is 10.1. The maximum absolute atomic E-state index is 10.6. The molecule has 8 heteroatoms. The van der Waals surface area contributed by atoms with Gasteiger partial charge in [0.05, 0.1) is 9.93 Å². The molecule has 2 aromatic rings. The Morgan fingerprint density at radius 3 is 2.54 bits per heavy atom. The van der Waals surface area contributed by atoms with E-state index in [2.05, 4.69) is 27.5 Å². The summed E-state index contributed by atoms with van der Waals surface area (Å²) in [5, 5.41) is 18.4. The number of thiazole rings is 1. The van der Waals surface area contributed by atoms with Gasteiger partial charge in [0.1, 0.15) is 0 Å². The molecule has 0 aliphatic heterocycles. The number of non-ortho nitro benzene ring substituents is 1. The third kappa shape index (κ3) is 6.79. The first-order chi connectivity index (χ1) is 12.6. The SMILES string of the molecule is CN=C(NCCCCc1ccc([N+](=O)[O-])cc1)NCCc1ncc(C)s1. The predicted octanol–water partition coefficient (Wildman–Crippen LogP) is 3.09. The van der Waals surface area contributed by atoms with Gasteiger partial charge in [-0.05, 0) is 31.7 Å². The normalized spacial score (nSPS) is 11.4. The number of nitro benzene ring substituents is 1. The predicted molar refractivity (Wildman–Crippen MR) is 106 cm³/mol. The van der Waals surface area contributed by atoms with Gasteiger partial charge in [0.2, 0.25) is 0 Å². The molecule has 0 fully saturated rings. The minimum atomic E-state index is -0.373. The number of unbranched alkanes of at least 4 members (excludes halogenated alkanes) is 1. The Morgan fingerprint density at radius 1 is 1.19 bits per heavy atom. The molecule has 0 amide bonds. The van der Waals surface area contributed by atoms with Crippen molar-refractivity contribution in [3.8, 4) is 0 Å². The monoisotopic (exact) mass is 375 g/mol. The Kier molecular flexibility index (Phi) is 8.01. The van der Waals surface area contributed by atoms with Crippen LogP contribution in [-0.4, -0.2) is 36.0 Å². The van der Waals surface area contributed by atoms with Gasteiger partial charge >= 0.3 is 0 Å². The molecule has 0 saturated heterocycles. The summed E-state index contributed by atoms with van der Waals surface area (Å²) in [4.78, 5) is 20.1. The van der Waals surface area contributed by atoms with Crippen LogP contribution in [0.1, 0.15) is 28.3 Å². The minimum absolute atomic E-state index is 0.137. The quantitative estimate of drug-likeness (QED) is 0.231. The molecule has 0 radical (unpaired) electrons. The molecule has 2 rings (SSSR count). The van der Waals surface area contributed by atoms with E-state index in [1.807, 2.05) is 18.3 Å². The van der Waals surface area contributed by atoms with Crippen LogP contribution in [0.4, 0.5) is 5.69 Å². The molecule has 2 N–H and O–H groups in total. The van der Waals surface area contributed by atoms with Crippen molar-refractivity contribution in [2.24, 2.45) is 4.99 Å². The van der Waals surface area contributed by atoms with Crippen molar-refractivity contribution < 1.29 is 4.92 Å². The zero-order valence-electron chi connectivity index (χ0n) is 15.2. The highest BCUT2D eigenvalue weighted by molar-refractivity contribution is 7.11. The Labute approximate surface area is 157 Å². The number of nitro groups is 1. The van der Waals surface area contributed by atoms with Crippen LogP contribution in [0.15, 0.2) is 35.5 Å². The van der Waals surface area contributed by atoms with E-state index in [4.69, 9.17) is 0 Å². The van der Waals surface area contributed by atoms with Crippen molar-refractivity contribution in [3.63, 3.8) is 0 Å². The van der Waals surface area contributed by atoms with E-state index in [1.165, 1.54) is 4.88 Å². The number of benzene rings is 1. The summed E-state index contributed by atoms with van der Waals surface area (Å²) >= 11 is 1.72. The zero-order valence-corrected chi connectivity index (χ0v) is 16.0. The number of hydrogen-bond acceptors (Lipinski definition) is 5. The fraction of sp³-hybridized carbons (Fsp3) is 0.444. The number of aryl methyl sites for hydroxylation is 2. The van der Waals surface area contributed by atoms with Crippen LogP contribution in [0.5, 0.6) is 0 Å². The van der Waals surface area contributed by atoms with Crippen molar-refractivity contribution >= 4 is 23.0 Å². The number of nitrogens with zero attached hydrogens (tertiary/aromatic N) is 3. The number of aliphatic imine (C=N–C) groups is 1. The van der Waals surface area contributed by atoms with Gasteiger partial charge in [-0.25, -0.2) is 4.98 Å². The lowest BCUT2D eigenvalue weighted by Gasteiger charge is -2.11. The molecule has 0 saturated carbocycles. The first-order valence-electron chi connectivity index (χ1n) is 8.67. The lowest BCUT2D eigenvalue weighted by Crippen LogP contribution is -2.38. The maximum Gasteiger partial charge on any atom is 0.269 e. The summed E-state index contributed by atoms with van der Waals surface area (Å²) in [5.74, 6) is 0.800. The van der Waals surface area contributed by atoms with E-state index in [1.54, 1.807) is 30.5 Å². The van der Waals surface area contributed by atoms with Crippen LogP contribution in [-0.2, 0) is 12.8 Å². The average Bonchev–Trinajstić information content (AvgIpc) is 3.05. The first-order valence-corrected chi connectivity index (χ1v) is 9.49. The smallest absolute Gasteiger partial charge is 0.269 e. The molecular formula is C18H25N5O2S. The van der Waals surface area contributed by atoms with E-state index in [9.17, 15) is 10.1 Å². The molecule has 1 aromatic carbocycles. The van der Waals surface area contributed by atoms with Crippen molar-refractivity contribution in [3.05, 3.63) is 56.0 Å². The highest BCUT2D eigenvalue weighted by Gasteiger charge is 2.04. The number of hydrogen-bond donors (Lipinski definition) is 2. The third-order valence-electron chi connectivity index (χ3n) is 3.86. The molecule has 7 nitrogen and oxygen atoms in total. The standard InChI is InChI=1S/C18H25N5O2S/c1-14-13-22-17(26-14)10-12-21-18(19-2)20-11-4-3-5-15-6-8-16(9-7-15)23(24)25/h6-9,13H,3-5,10-12H2,1-2H3,(H2,19,20,21). The Bertz CT molecular complexity index is 727. The fourth-order valence-corrected chi connectivity index (χ4v) is 3.26. The molecule has 140 valence electrons. The van der Waals surface area contributed by atoms with E-state index in [-0.39, 0.29) is 10.6 Å². The second-order valence-electron chi connectivity index (χ2n) is 5.92. The van der Waals surface area contributed by atoms with Gasteiger partial charge in [0.25, 0.3) is 5.69 Å². The molecule has 26 heavy (non-hydrogen) atoms. The molecule has 0 atom stereocenters. The van der Waals surface area contributed by atoms with Crippen LogP contribution in [0.2, 0.25) is 0 Å². The summed E-state index contributed by atoms with van der Waals surface area (Å²) in [6.45, 7) is 3.70. The first kappa shape index (κ1) is 19.8. The molecule has 0 aliphatic rings. The number of guanidine groups is 1. The number of aromatic nitrogens is 1. The van der Waals surface area contributed by atoms with Gasteiger partial charge < -0.3 is 10.6 Å².